The first kappa shape index (κ1) is 21.8. The Morgan fingerprint density at radius 1 is 1.06 bits per heavy atom. The number of likely N-dealkylation sites (tertiary alicyclic amines) is 1. The van der Waals surface area contributed by atoms with Crippen molar-refractivity contribution >= 4 is 22.8 Å². The van der Waals surface area contributed by atoms with Gasteiger partial charge in [0.05, 0.1) is 5.52 Å². The Labute approximate surface area is 189 Å². The van der Waals surface area contributed by atoms with Crippen molar-refractivity contribution in [2.24, 2.45) is 10.9 Å². The Kier molecular flexibility index (Phi) is 7.33. The first-order valence-electron chi connectivity index (χ1n) is 11.3. The van der Waals surface area contributed by atoms with Crippen molar-refractivity contribution in [1.29, 1.82) is 0 Å². The van der Waals surface area contributed by atoms with Crippen LogP contribution in [0.3, 0.4) is 0 Å². The normalized spacial score (nSPS) is 16.5. The number of para-hydroxylation sites is 1. The second-order valence-corrected chi connectivity index (χ2v) is 8.27. The second kappa shape index (κ2) is 10.8. The quantitative estimate of drug-likeness (QED) is 0.427. The molecular weight excluding hydrogens is 398 g/mol. The van der Waals surface area contributed by atoms with Crippen LogP contribution in [0.1, 0.15) is 17.5 Å². The van der Waals surface area contributed by atoms with Gasteiger partial charge in [-0.15, -0.1) is 0 Å². The van der Waals surface area contributed by atoms with E-state index >= 15 is 0 Å². The van der Waals surface area contributed by atoms with E-state index in [1.54, 1.807) is 7.05 Å². The van der Waals surface area contributed by atoms with Gasteiger partial charge in [-0.2, -0.15) is 0 Å². The highest BCUT2D eigenvalue weighted by Crippen LogP contribution is 2.18. The number of pyridine rings is 1. The fraction of sp³-hybridized carbons (Fsp3) is 0.346. The zero-order chi connectivity index (χ0) is 22.2. The molecule has 1 unspecified atom stereocenters. The number of guanidine groups is 1. The van der Waals surface area contributed by atoms with E-state index in [9.17, 15) is 4.79 Å². The molecule has 0 spiro atoms. The summed E-state index contributed by atoms with van der Waals surface area (Å²) in [4.78, 5) is 23.3. The Bertz CT molecular complexity index is 1060. The molecule has 1 atom stereocenters. The van der Waals surface area contributed by atoms with E-state index in [1.165, 1.54) is 11.1 Å². The van der Waals surface area contributed by atoms with Gasteiger partial charge in [-0.1, -0.05) is 54.6 Å². The van der Waals surface area contributed by atoms with Crippen molar-refractivity contribution < 1.29 is 4.79 Å². The molecular formula is C26H31N5O. The highest BCUT2D eigenvalue weighted by molar-refractivity contribution is 5.82. The van der Waals surface area contributed by atoms with E-state index in [0.717, 1.165) is 55.9 Å². The molecule has 166 valence electrons. The van der Waals surface area contributed by atoms with Crippen molar-refractivity contribution in [2.75, 3.05) is 33.2 Å². The van der Waals surface area contributed by atoms with E-state index in [0.29, 0.717) is 12.3 Å². The molecule has 0 bridgehead atoms. The summed E-state index contributed by atoms with van der Waals surface area (Å²) in [6.07, 6.45) is 4.20. The molecule has 2 aromatic carbocycles. The van der Waals surface area contributed by atoms with Crippen LogP contribution in [-0.2, 0) is 17.6 Å². The van der Waals surface area contributed by atoms with Gasteiger partial charge in [0.15, 0.2) is 5.96 Å². The molecule has 1 aliphatic rings. The Balaban J connectivity index is 1.21. The molecule has 2 N–H and O–H groups in total. The largest absolute Gasteiger partial charge is 0.356 e. The van der Waals surface area contributed by atoms with Gasteiger partial charge in [0.2, 0.25) is 5.91 Å². The van der Waals surface area contributed by atoms with Crippen molar-refractivity contribution in [3.63, 3.8) is 0 Å². The molecule has 32 heavy (non-hydrogen) atoms. The van der Waals surface area contributed by atoms with Gasteiger partial charge in [0, 0.05) is 57.1 Å². The van der Waals surface area contributed by atoms with Crippen LogP contribution in [0.25, 0.3) is 10.9 Å². The number of nitrogens with zero attached hydrogens (tertiary/aromatic N) is 3. The number of aromatic nitrogens is 1. The third-order valence-electron chi connectivity index (χ3n) is 5.99. The maximum absolute atomic E-state index is 12.4. The van der Waals surface area contributed by atoms with Gasteiger partial charge in [0.25, 0.3) is 0 Å². The van der Waals surface area contributed by atoms with E-state index in [-0.39, 0.29) is 5.91 Å². The maximum atomic E-state index is 12.4. The highest BCUT2D eigenvalue weighted by Gasteiger charge is 2.29. The molecule has 2 heterocycles. The number of amides is 1. The zero-order valence-corrected chi connectivity index (χ0v) is 18.6. The minimum atomic E-state index is 0.249. The van der Waals surface area contributed by atoms with Crippen LogP contribution >= 0.6 is 0 Å². The summed E-state index contributed by atoms with van der Waals surface area (Å²) in [5, 5.41) is 7.94. The molecule has 6 heteroatoms. The molecule has 1 saturated heterocycles. The van der Waals surface area contributed by atoms with Crippen LogP contribution < -0.4 is 10.6 Å². The molecule has 0 saturated carbocycles. The van der Waals surface area contributed by atoms with Crippen LogP contribution in [-0.4, -0.2) is 55.0 Å². The summed E-state index contributed by atoms with van der Waals surface area (Å²) in [5.41, 5.74) is 3.55. The predicted molar refractivity (Wildman–Crippen MR) is 130 cm³/mol. The van der Waals surface area contributed by atoms with Crippen molar-refractivity contribution in [1.82, 2.24) is 20.5 Å². The summed E-state index contributed by atoms with van der Waals surface area (Å²) in [6.45, 7) is 3.09. The smallest absolute Gasteiger partial charge is 0.223 e. The van der Waals surface area contributed by atoms with Gasteiger partial charge >= 0.3 is 0 Å². The number of carbonyl (C=O) groups is 1. The third kappa shape index (κ3) is 5.63. The standard InChI is InChI=1S/C26H31N5O/c1-27-26(29-15-12-23-10-5-9-22-11-6-14-28-25(22)23)30-18-21-17-24(32)31(19-21)16-13-20-7-3-2-4-8-20/h2-11,14,21H,12-13,15-19H2,1H3,(H2,27,29,30). The summed E-state index contributed by atoms with van der Waals surface area (Å²) >= 11 is 0. The van der Waals surface area contributed by atoms with Crippen molar-refractivity contribution in [2.45, 2.75) is 19.3 Å². The van der Waals surface area contributed by atoms with Crippen molar-refractivity contribution in [3.05, 3.63) is 78.0 Å². The van der Waals surface area contributed by atoms with E-state index in [4.69, 9.17) is 0 Å². The van der Waals surface area contributed by atoms with Crippen LogP contribution in [0, 0.1) is 5.92 Å². The Morgan fingerprint density at radius 3 is 2.75 bits per heavy atom. The number of benzene rings is 2. The SMILES string of the molecule is CN=C(NCCc1cccc2cccnc12)NCC1CC(=O)N(CCc2ccccc2)C1. The third-order valence-corrected chi connectivity index (χ3v) is 5.99. The summed E-state index contributed by atoms with van der Waals surface area (Å²) in [7, 11) is 1.78. The number of fused-ring (bicyclic) bond motifs is 1. The fourth-order valence-corrected chi connectivity index (χ4v) is 4.26. The zero-order valence-electron chi connectivity index (χ0n) is 18.6. The average Bonchev–Trinajstić information content (AvgIpc) is 3.20. The Morgan fingerprint density at radius 2 is 1.91 bits per heavy atom. The highest BCUT2D eigenvalue weighted by atomic mass is 16.2. The van der Waals surface area contributed by atoms with Crippen molar-refractivity contribution in [3.8, 4) is 0 Å². The summed E-state index contributed by atoms with van der Waals surface area (Å²) in [5.74, 6) is 1.33. The molecule has 4 rings (SSSR count). The van der Waals surface area contributed by atoms with Crippen LogP contribution in [0.5, 0.6) is 0 Å². The molecule has 6 nitrogen and oxygen atoms in total. The lowest BCUT2D eigenvalue weighted by Crippen LogP contribution is -2.41. The number of hydrogen-bond acceptors (Lipinski definition) is 3. The minimum Gasteiger partial charge on any atom is -0.356 e. The Hall–Kier alpha value is -3.41. The van der Waals surface area contributed by atoms with Crippen LogP contribution in [0.15, 0.2) is 71.9 Å². The molecule has 1 aliphatic heterocycles. The van der Waals surface area contributed by atoms with Gasteiger partial charge in [0.1, 0.15) is 0 Å². The topological polar surface area (TPSA) is 69.6 Å². The minimum absolute atomic E-state index is 0.249. The number of rotatable bonds is 8. The van der Waals surface area contributed by atoms with Crippen LogP contribution in [0.2, 0.25) is 0 Å². The van der Waals surface area contributed by atoms with Gasteiger partial charge in [-0.25, -0.2) is 0 Å². The average molecular weight is 430 g/mol. The first-order chi connectivity index (χ1) is 15.7. The monoisotopic (exact) mass is 429 g/mol. The lowest BCUT2D eigenvalue weighted by Gasteiger charge is -2.18. The molecule has 0 aliphatic carbocycles. The summed E-state index contributed by atoms with van der Waals surface area (Å²) < 4.78 is 0. The number of carbonyl (C=O) groups excluding carboxylic acids is 1. The second-order valence-electron chi connectivity index (χ2n) is 8.27. The van der Waals surface area contributed by atoms with E-state index in [2.05, 4.69) is 57.0 Å². The van der Waals surface area contributed by atoms with Gasteiger partial charge < -0.3 is 15.5 Å². The molecule has 3 aromatic rings. The molecule has 1 aromatic heterocycles. The summed E-state index contributed by atoms with van der Waals surface area (Å²) in [6, 6.07) is 20.7. The number of hydrogen-bond donors (Lipinski definition) is 2. The number of aliphatic imine (C=N–C) groups is 1. The predicted octanol–water partition coefficient (Wildman–Crippen LogP) is 3.03. The maximum Gasteiger partial charge on any atom is 0.223 e. The fourth-order valence-electron chi connectivity index (χ4n) is 4.26. The van der Waals surface area contributed by atoms with Gasteiger partial charge in [-0.05, 0) is 30.0 Å². The van der Waals surface area contributed by atoms with Gasteiger partial charge in [-0.3, -0.25) is 14.8 Å². The van der Waals surface area contributed by atoms with E-state index in [1.807, 2.05) is 35.4 Å². The van der Waals surface area contributed by atoms with Crippen LogP contribution in [0.4, 0.5) is 0 Å². The molecule has 0 radical (unpaired) electrons. The number of nitrogens with one attached hydrogen (secondary N) is 2. The lowest BCUT2D eigenvalue weighted by molar-refractivity contribution is -0.127. The van der Waals surface area contributed by atoms with E-state index < -0.39 is 0 Å². The molecule has 1 fully saturated rings. The first-order valence-corrected chi connectivity index (χ1v) is 11.3. The molecule has 1 amide bonds. The lowest BCUT2D eigenvalue weighted by atomic mass is 10.1.